The van der Waals surface area contributed by atoms with Crippen LogP contribution in [0.2, 0.25) is 0 Å². The molecule has 1 fully saturated rings. The highest BCUT2D eigenvalue weighted by molar-refractivity contribution is 5.95. The van der Waals surface area contributed by atoms with Crippen LogP contribution in [0, 0.1) is 17.8 Å². The van der Waals surface area contributed by atoms with E-state index in [1.807, 2.05) is 30.4 Å². The third-order valence-corrected chi connectivity index (χ3v) is 4.55. The number of phenolic OH excluding ortho intramolecular Hbond substituents is 1. The fourth-order valence-electron chi connectivity index (χ4n) is 3.70. The van der Waals surface area contributed by atoms with Gasteiger partial charge in [0.25, 0.3) is 0 Å². The van der Waals surface area contributed by atoms with E-state index in [0.717, 1.165) is 11.1 Å². The van der Waals surface area contributed by atoms with Gasteiger partial charge in [-0.1, -0.05) is 42.5 Å². The molecule has 0 bridgehead atoms. The first-order valence-corrected chi connectivity index (χ1v) is 6.65. The van der Waals surface area contributed by atoms with E-state index in [2.05, 4.69) is 12.2 Å². The molecule has 4 unspecified atom stereocenters. The van der Waals surface area contributed by atoms with Crippen LogP contribution in [-0.2, 0) is 4.79 Å². The second-order valence-corrected chi connectivity index (χ2v) is 5.50. The van der Waals surface area contributed by atoms with E-state index in [9.17, 15) is 9.90 Å². The predicted molar refractivity (Wildman–Crippen MR) is 73.6 cm³/mol. The topological polar surface area (TPSA) is 37.3 Å². The number of ketones is 1. The molecule has 0 amide bonds. The average Bonchev–Trinajstić information content (AvgIpc) is 2.73. The first-order chi connectivity index (χ1) is 9.25. The van der Waals surface area contributed by atoms with Crippen LogP contribution in [0.5, 0.6) is 5.75 Å². The van der Waals surface area contributed by atoms with E-state index in [-0.39, 0.29) is 23.5 Å². The zero-order chi connectivity index (χ0) is 13.0. The molecule has 0 aliphatic heterocycles. The van der Waals surface area contributed by atoms with Gasteiger partial charge in [-0.2, -0.15) is 0 Å². The van der Waals surface area contributed by atoms with Crippen molar-refractivity contribution >= 4 is 11.9 Å². The molecule has 0 radical (unpaired) electrons. The second kappa shape index (κ2) is 3.70. The molecule has 0 saturated heterocycles. The molecule has 94 valence electrons. The highest BCUT2D eigenvalue weighted by atomic mass is 16.3. The lowest BCUT2D eigenvalue weighted by Gasteiger charge is -2.25. The molecule has 1 saturated carbocycles. The van der Waals surface area contributed by atoms with Crippen molar-refractivity contribution in [1.29, 1.82) is 0 Å². The minimum absolute atomic E-state index is 0.0180. The number of allylic oxidation sites excluding steroid dienone is 5. The van der Waals surface area contributed by atoms with Gasteiger partial charge in [-0.3, -0.25) is 4.79 Å². The van der Waals surface area contributed by atoms with Gasteiger partial charge in [0.05, 0.1) is 5.92 Å². The van der Waals surface area contributed by atoms with Gasteiger partial charge in [-0.25, -0.2) is 0 Å². The normalized spacial score (nSPS) is 34.0. The molecule has 3 aliphatic carbocycles. The number of rotatable bonds is 0. The third-order valence-electron chi connectivity index (χ3n) is 4.55. The number of carbonyl (C=O) groups is 1. The summed E-state index contributed by atoms with van der Waals surface area (Å²) in [7, 11) is 0. The number of benzene rings is 1. The fourth-order valence-corrected chi connectivity index (χ4v) is 3.70. The highest BCUT2D eigenvalue weighted by Gasteiger charge is 2.49. The minimum Gasteiger partial charge on any atom is -0.508 e. The molecule has 3 aliphatic rings. The molecule has 0 spiro atoms. The molecule has 1 aromatic carbocycles. The van der Waals surface area contributed by atoms with Gasteiger partial charge in [0.1, 0.15) is 11.5 Å². The Morgan fingerprint density at radius 3 is 2.74 bits per heavy atom. The Morgan fingerprint density at radius 1 is 1.00 bits per heavy atom. The molecule has 19 heavy (non-hydrogen) atoms. The maximum Gasteiger partial charge on any atom is 0.148 e. The zero-order valence-corrected chi connectivity index (χ0v) is 10.4. The monoisotopic (exact) mass is 250 g/mol. The van der Waals surface area contributed by atoms with Crippen molar-refractivity contribution in [1.82, 2.24) is 0 Å². The van der Waals surface area contributed by atoms with Crippen LogP contribution >= 0.6 is 0 Å². The zero-order valence-electron chi connectivity index (χ0n) is 10.4. The van der Waals surface area contributed by atoms with E-state index < -0.39 is 0 Å². The van der Waals surface area contributed by atoms with Crippen LogP contribution in [0.1, 0.15) is 17.0 Å². The highest BCUT2D eigenvalue weighted by Crippen LogP contribution is 2.51. The standard InChI is InChI=1S/C17H14O2/c18-11-6-8-12-10(9-11)5-7-14-13-3-1-2-4-15(13)17(19)16(12)14/h1-9,13-16,18H. The second-order valence-electron chi connectivity index (χ2n) is 5.50. The number of aromatic hydroxyl groups is 1. The van der Waals surface area contributed by atoms with Crippen LogP contribution in [0.3, 0.4) is 0 Å². The van der Waals surface area contributed by atoms with Gasteiger partial charge in [0.2, 0.25) is 0 Å². The van der Waals surface area contributed by atoms with Crippen molar-refractivity contribution in [3.63, 3.8) is 0 Å². The van der Waals surface area contributed by atoms with Crippen LogP contribution in [0.4, 0.5) is 0 Å². The maximum absolute atomic E-state index is 12.6. The summed E-state index contributed by atoms with van der Waals surface area (Å²) >= 11 is 0. The van der Waals surface area contributed by atoms with E-state index in [0.29, 0.717) is 11.7 Å². The molecule has 4 rings (SSSR count). The molecule has 0 heterocycles. The summed E-state index contributed by atoms with van der Waals surface area (Å²) in [6.07, 6.45) is 12.4. The van der Waals surface area contributed by atoms with Crippen LogP contribution < -0.4 is 0 Å². The lowest BCUT2D eigenvalue weighted by atomic mass is 9.78. The quantitative estimate of drug-likeness (QED) is 0.768. The largest absolute Gasteiger partial charge is 0.508 e. The molecule has 1 aromatic rings. The van der Waals surface area contributed by atoms with Gasteiger partial charge in [-0.05, 0) is 35.1 Å². The summed E-state index contributed by atoms with van der Waals surface area (Å²) < 4.78 is 0. The van der Waals surface area contributed by atoms with Gasteiger partial charge in [0, 0.05) is 5.92 Å². The molecule has 2 heteroatoms. The fraction of sp³-hybridized carbons (Fsp3) is 0.235. The number of phenols is 1. The van der Waals surface area contributed by atoms with Crippen molar-refractivity contribution in [3.05, 3.63) is 59.7 Å². The van der Waals surface area contributed by atoms with Gasteiger partial charge >= 0.3 is 0 Å². The maximum atomic E-state index is 12.6. The molecule has 0 aromatic heterocycles. The van der Waals surface area contributed by atoms with Crippen molar-refractivity contribution in [3.8, 4) is 5.75 Å². The number of Topliss-reactive ketones (excluding diaryl/α,β-unsaturated/α-hetero) is 1. The molecular formula is C17H14O2. The van der Waals surface area contributed by atoms with E-state index in [1.54, 1.807) is 12.1 Å². The Balaban J connectivity index is 1.87. The van der Waals surface area contributed by atoms with Gasteiger partial charge in [-0.15, -0.1) is 0 Å². The van der Waals surface area contributed by atoms with Crippen molar-refractivity contribution in [2.24, 2.45) is 17.8 Å². The number of hydrogen-bond acceptors (Lipinski definition) is 2. The Labute approximate surface area is 111 Å². The third kappa shape index (κ3) is 1.40. The first-order valence-electron chi connectivity index (χ1n) is 6.65. The smallest absolute Gasteiger partial charge is 0.148 e. The SMILES string of the molecule is O=C1C2C=CC=CC2C2C=Cc3cc(O)ccc3C12. The number of hydrogen-bond donors (Lipinski definition) is 1. The average molecular weight is 250 g/mol. The molecule has 1 N–H and O–H groups in total. The Kier molecular flexibility index (Phi) is 2.10. The van der Waals surface area contributed by atoms with Crippen LogP contribution in [0.15, 0.2) is 48.6 Å². The van der Waals surface area contributed by atoms with Gasteiger partial charge in [0.15, 0.2) is 0 Å². The van der Waals surface area contributed by atoms with E-state index in [4.69, 9.17) is 0 Å². The Morgan fingerprint density at radius 2 is 1.84 bits per heavy atom. The molecular weight excluding hydrogens is 236 g/mol. The number of carbonyl (C=O) groups excluding carboxylic acids is 1. The summed E-state index contributed by atoms with van der Waals surface area (Å²) in [4.78, 5) is 12.6. The summed E-state index contributed by atoms with van der Waals surface area (Å²) in [5.41, 5.74) is 2.03. The summed E-state index contributed by atoms with van der Waals surface area (Å²) in [6.45, 7) is 0. The summed E-state index contributed by atoms with van der Waals surface area (Å²) in [6, 6.07) is 5.31. The predicted octanol–water partition coefficient (Wildman–Crippen LogP) is 3.06. The Hall–Kier alpha value is -2.09. The van der Waals surface area contributed by atoms with E-state index >= 15 is 0 Å². The van der Waals surface area contributed by atoms with E-state index in [1.165, 1.54) is 0 Å². The summed E-state index contributed by atoms with van der Waals surface area (Å²) in [5, 5.41) is 9.56. The van der Waals surface area contributed by atoms with Crippen LogP contribution in [0.25, 0.3) is 6.08 Å². The summed E-state index contributed by atoms with van der Waals surface area (Å²) in [5.74, 6) is 1.08. The Bertz CT molecular complexity index is 651. The molecule has 4 atom stereocenters. The minimum atomic E-state index is -0.0528. The lowest BCUT2D eigenvalue weighted by Crippen LogP contribution is -2.17. The van der Waals surface area contributed by atoms with Crippen molar-refractivity contribution in [2.75, 3.05) is 0 Å². The van der Waals surface area contributed by atoms with Crippen LogP contribution in [-0.4, -0.2) is 10.9 Å². The van der Waals surface area contributed by atoms with Crippen molar-refractivity contribution in [2.45, 2.75) is 5.92 Å². The number of fused-ring (bicyclic) bond motifs is 5. The van der Waals surface area contributed by atoms with Gasteiger partial charge < -0.3 is 5.11 Å². The molecule has 2 nitrogen and oxygen atoms in total. The van der Waals surface area contributed by atoms with Crippen molar-refractivity contribution < 1.29 is 9.90 Å². The lowest BCUT2D eigenvalue weighted by molar-refractivity contribution is -0.121. The first kappa shape index (κ1) is 10.8.